The van der Waals surface area contributed by atoms with Crippen LogP contribution < -0.4 is 0 Å². The van der Waals surface area contributed by atoms with Gasteiger partial charge in [0, 0.05) is 6.20 Å². The lowest BCUT2D eigenvalue weighted by Crippen LogP contribution is -2.09. The minimum Gasteiger partial charge on any atom is -0.238 e. The molecule has 0 unspecified atom stereocenters. The van der Waals surface area contributed by atoms with Gasteiger partial charge in [-0.2, -0.15) is 5.10 Å². The molecule has 0 atom stereocenters. The monoisotopic (exact) mass is 189 g/mol. The van der Waals surface area contributed by atoms with Crippen LogP contribution in [0.1, 0.15) is 32.2 Å². The Bertz CT molecular complexity index is 463. The fraction of sp³-hybridized carbons (Fsp3) is 0.455. The Labute approximate surface area is 83.8 Å². The molecular formula is C11H15N3. The van der Waals surface area contributed by atoms with Crippen molar-refractivity contribution in [2.45, 2.75) is 33.1 Å². The molecular weight excluding hydrogens is 174 g/mol. The van der Waals surface area contributed by atoms with E-state index in [-0.39, 0.29) is 5.41 Å². The van der Waals surface area contributed by atoms with Crippen LogP contribution in [-0.2, 0) is 5.41 Å². The first-order valence-corrected chi connectivity index (χ1v) is 4.79. The molecule has 0 bridgehead atoms. The minimum absolute atomic E-state index is 0.168. The molecule has 0 N–H and O–H groups in total. The second-order valence-electron chi connectivity index (χ2n) is 4.65. The highest BCUT2D eigenvalue weighted by atomic mass is 15.2. The third-order valence-electron chi connectivity index (χ3n) is 2.33. The molecule has 0 amide bonds. The molecule has 0 aromatic carbocycles. The van der Waals surface area contributed by atoms with Crippen molar-refractivity contribution in [2.24, 2.45) is 0 Å². The lowest BCUT2D eigenvalue weighted by molar-refractivity contribution is 0.589. The summed E-state index contributed by atoms with van der Waals surface area (Å²) in [7, 11) is 0. The summed E-state index contributed by atoms with van der Waals surface area (Å²) in [6, 6.07) is 2.14. The van der Waals surface area contributed by atoms with E-state index in [1.165, 1.54) is 5.56 Å². The van der Waals surface area contributed by atoms with Crippen LogP contribution in [0.25, 0.3) is 5.52 Å². The summed E-state index contributed by atoms with van der Waals surface area (Å²) in [5.74, 6) is 0.800. The van der Waals surface area contributed by atoms with Gasteiger partial charge in [-0.15, -0.1) is 0 Å². The lowest BCUT2D eigenvalue weighted by Gasteiger charge is -2.15. The molecule has 0 radical (unpaired) electrons. The van der Waals surface area contributed by atoms with Gasteiger partial charge >= 0.3 is 0 Å². The Morgan fingerprint density at radius 3 is 2.64 bits per heavy atom. The Morgan fingerprint density at radius 2 is 2.00 bits per heavy atom. The van der Waals surface area contributed by atoms with Crippen molar-refractivity contribution >= 4 is 5.52 Å². The normalized spacial score (nSPS) is 12.3. The van der Waals surface area contributed by atoms with Gasteiger partial charge in [0.15, 0.2) is 0 Å². The maximum absolute atomic E-state index is 4.32. The van der Waals surface area contributed by atoms with Crippen LogP contribution in [0.5, 0.6) is 0 Å². The number of hydrogen-bond donors (Lipinski definition) is 0. The van der Waals surface area contributed by atoms with Crippen LogP contribution in [0.4, 0.5) is 0 Å². The summed E-state index contributed by atoms with van der Waals surface area (Å²) in [6.45, 7) is 8.49. The lowest BCUT2D eigenvalue weighted by atomic mass is 9.89. The van der Waals surface area contributed by atoms with Gasteiger partial charge in [0.05, 0.1) is 11.7 Å². The summed E-state index contributed by atoms with van der Waals surface area (Å²) < 4.78 is 1.89. The highest BCUT2D eigenvalue weighted by Gasteiger charge is 2.15. The number of rotatable bonds is 0. The van der Waals surface area contributed by atoms with E-state index >= 15 is 0 Å². The fourth-order valence-corrected chi connectivity index (χ4v) is 1.40. The Hall–Kier alpha value is -1.38. The summed E-state index contributed by atoms with van der Waals surface area (Å²) >= 11 is 0. The quantitative estimate of drug-likeness (QED) is 0.636. The first-order valence-electron chi connectivity index (χ1n) is 4.79. The largest absolute Gasteiger partial charge is 0.238 e. The Morgan fingerprint density at radius 1 is 1.29 bits per heavy atom. The third-order valence-corrected chi connectivity index (χ3v) is 2.33. The average molecular weight is 189 g/mol. The van der Waals surface area contributed by atoms with Gasteiger partial charge in [-0.25, -0.2) is 9.50 Å². The molecule has 0 aliphatic rings. The third kappa shape index (κ3) is 1.50. The van der Waals surface area contributed by atoms with Crippen LogP contribution in [0.15, 0.2) is 18.5 Å². The molecule has 74 valence electrons. The van der Waals surface area contributed by atoms with Crippen LogP contribution in [0, 0.1) is 6.92 Å². The summed E-state index contributed by atoms with van der Waals surface area (Å²) in [5, 5.41) is 4.32. The highest BCUT2D eigenvalue weighted by molar-refractivity contribution is 5.48. The number of aromatic nitrogens is 3. The van der Waals surface area contributed by atoms with Crippen LogP contribution in [-0.4, -0.2) is 14.6 Å². The van der Waals surface area contributed by atoms with Crippen LogP contribution in [0.3, 0.4) is 0 Å². The first-order chi connectivity index (χ1) is 6.47. The van der Waals surface area contributed by atoms with E-state index in [1.807, 2.05) is 17.6 Å². The van der Waals surface area contributed by atoms with E-state index in [0.717, 1.165) is 11.3 Å². The number of nitrogens with zero attached hydrogens (tertiary/aromatic N) is 3. The fourth-order valence-electron chi connectivity index (χ4n) is 1.40. The predicted molar refractivity (Wildman–Crippen MR) is 56.4 cm³/mol. The van der Waals surface area contributed by atoms with Crippen molar-refractivity contribution in [3.63, 3.8) is 0 Å². The number of fused-ring (bicyclic) bond motifs is 1. The molecule has 3 heteroatoms. The molecule has 2 aromatic rings. The van der Waals surface area contributed by atoms with E-state index in [1.54, 1.807) is 0 Å². The van der Waals surface area contributed by atoms with Crippen molar-refractivity contribution in [1.29, 1.82) is 0 Å². The molecule has 0 saturated carbocycles. The maximum atomic E-state index is 4.32. The predicted octanol–water partition coefficient (Wildman–Crippen LogP) is 2.34. The number of hydrogen-bond acceptors (Lipinski definition) is 2. The Balaban J connectivity index is 2.63. The van der Waals surface area contributed by atoms with Crippen molar-refractivity contribution in [1.82, 2.24) is 14.6 Å². The van der Waals surface area contributed by atoms with Crippen LogP contribution >= 0.6 is 0 Å². The molecule has 0 aliphatic carbocycles. The molecule has 2 heterocycles. The zero-order valence-electron chi connectivity index (χ0n) is 9.07. The van der Waals surface area contributed by atoms with Crippen molar-refractivity contribution in [3.05, 3.63) is 29.8 Å². The zero-order chi connectivity index (χ0) is 10.3. The van der Waals surface area contributed by atoms with Gasteiger partial charge in [-0.05, 0) is 24.0 Å². The van der Waals surface area contributed by atoms with E-state index in [9.17, 15) is 0 Å². The Kier molecular flexibility index (Phi) is 1.84. The minimum atomic E-state index is 0.168. The maximum Gasteiger partial charge on any atom is 0.146 e. The highest BCUT2D eigenvalue weighted by Crippen LogP contribution is 2.23. The summed E-state index contributed by atoms with van der Waals surface area (Å²) in [5.41, 5.74) is 2.51. The molecule has 3 nitrogen and oxygen atoms in total. The molecule has 2 aromatic heterocycles. The second-order valence-corrected chi connectivity index (χ2v) is 4.65. The van der Waals surface area contributed by atoms with E-state index in [4.69, 9.17) is 0 Å². The van der Waals surface area contributed by atoms with Gasteiger partial charge in [-0.1, -0.05) is 20.8 Å². The van der Waals surface area contributed by atoms with Gasteiger partial charge in [-0.3, -0.25) is 0 Å². The molecule has 0 saturated heterocycles. The topological polar surface area (TPSA) is 30.2 Å². The zero-order valence-corrected chi connectivity index (χ0v) is 9.07. The smallest absolute Gasteiger partial charge is 0.146 e. The van der Waals surface area contributed by atoms with E-state index in [2.05, 4.69) is 43.1 Å². The average Bonchev–Trinajstić information content (AvgIpc) is 2.45. The second kappa shape index (κ2) is 2.80. The van der Waals surface area contributed by atoms with Crippen molar-refractivity contribution < 1.29 is 0 Å². The van der Waals surface area contributed by atoms with Gasteiger partial charge in [0.1, 0.15) is 5.82 Å². The molecule has 14 heavy (non-hydrogen) atoms. The summed E-state index contributed by atoms with van der Waals surface area (Å²) in [6.07, 6.45) is 3.93. The molecule has 0 aliphatic heterocycles. The van der Waals surface area contributed by atoms with Crippen LogP contribution in [0.2, 0.25) is 0 Å². The SMILES string of the molecule is Cc1ncc2cc(C(C)(C)C)cn2n1. The van der Waals surface area contributed by atoms with Gasteiger partial charge in [0.2, 0.25) is 0 Å². The van der Waals surface area contributed by atoms with E-state index in [0.29, 0.717) is 0 Å². The van der Waals surface area contributed by atoms with E-state index < -0.39 is 0 Å². The van der Waals surface area contributed by atoms with Crippen molar-refractivity contribution in [3.8, 4) is 0 Å². The molecule has 2 rings (SSSR count). The standard InChI is InChI=1S/C11H15N3/c1-8-12-6-10-5-9(11(2,3)4)7-14(10)13-8/h5-7H,1-4H3. The van der Waals surface area contributed by atoms with Gasteiger partial charge in [0.25, 0.3) is 0 Å². The van der Waals surface area contributed by atoms with Crippen molar-refractivity contribution in [2.75, 3.05) is 0 Å². The molecule has 0 spiro atoms. The summed E-state index contributed by atoms with van der Waals surface area (Å²) in [4.78, 5) is 4.17. The molecule has 0 fully saturated rings. The first kappa shape index (κ1) is 9.19. The number of aryl methyl sites for hydroxylation is 1. The van der Waals surface area contributed by atoms with Gasteiger partial charge < -0.3 is 0 Å².